The number of esters is 1. The van der Waals surface area contributed by atoms with Gasteiger partial charge in [0, 0.05) is 29.9 Å². The molecule has 0 spiro atoms. The van der Waals surface area contributed by atoms with Crippen LogP contribution in [0.4, 0.5) is 11.4 Å². The molecule has 2 rings (SSSR count). The molecule has 0 aliphatic heterocycles. The third kappa shape index (κ3) is 7.80. The highest BCUT2D eigenvalue weighted by atomic mass is 16.5. The fourth-order valence-electron chi connectivity index (χ4n) is 2.92. The van der Waals surface area contributed by atoms with E-state index in [-0.39, 0.29) is 17.4 Å². The first-order valence-electron chi connectivity index (χ1n) is 10.5. The molecule has 0 radical (unpaired) electrons. The normalized spacial score (nSPS) is 11.2. The van der Waals surface area contributed by atoms with Crippen molar-refractivity contribution in [2.45, 2.75) is 26.8 Å². The van der Waals surface area contributed by atoms with Gasteiger partial charge in [0.15, 0.2) is 6.61 Å². The molecule has 2 aromatic rings. The van der Waals surface area contributed by atoms with Gasteiger partial charge in [0.2, 0.25) is 5.91 Å². The molecule has 10 heteroatoms. The molecular formula is C24H29N3O7. The van der Waals surface area contributed by atoms with Crippen molar-refractivity contribution in [2.75, 3.05) is 31.5 Å². The lowest BCUT2D eigenvalue weighted by molar-refractivity contribution is -0.150. The molecule has 0 bridgehead atoms. The van der Waals surface area contributed by atoms with Gasteiger partial charge in [-0.25, -0.2) is 4.79 Å². The molecule has 0 aliphatic carbocycles. The van der Waals surface area contributed by atoms with Crippen LogP contribution in [0.5, 0.6) is 11.5 Å². The van der Waals surface area contributed by atoms with E-state index in [0.29, 0.717) is 22.9 Å². The summed E-state index contributed by atoms with van der Waals surface area (Å²) in [6.07, 6.45) is 0. The third-order valence-corrected chi connectivity index (χ3v) is 4.66. The van der Waals surface area contributed by atoms with Crippen LogP contribution in [0.3, 0.4) is 0 Å². The maximum Gasteiger partial charge on any atom is 0.329 e. The van der Waals surface area contributed by atoms with Gasteiger partial charge in [-0.2, -0.15) is 0 Å². The lowest BCUT2D eigenvalue weighted by Gasteiger charge is -2.21. The van der Waals surface area contributed by atoms with Crippen LogP contribution in [-0.2, 0) is 19.1 Å². The van der Waals surface area contributed by atoms with E-state index in [2.05, 4.69) is 16.0 Å². The first-order chi connectivity index (χ1) is 16.1. The van der Waals surface area contributed by atoms with E-state index in [1.54, 1.807) is 44.2 Å². The van der Waals surface area contributed by atoms with Crippen LogP contribution in [0.25, 0.3) is 0 Å². The summed E-state index contributed by atoms with van der Waals surface area (Å²) in [5.74, 6) is -1.46. The number of carbonyl (C=O) groups excluding carboxylic acids is 4. The molecule has 0 saturated heterocycles. The predicted octanol–water partition coefficient (Wildman–Crippen LogP) is 2.60. The first kappa shape index (κ1) is 26.2. The number of benzene rings is 2. The van der Waals surface area contributed by atoms with Gasteiger partial charge in [-0.15, -0.1) is 0 Å². The fourth-order valence-corrected chi connectivity index (χ4v) is 2.92. The summed E-state index contributed by atoms with van der Waals surface area (Å²) >= 11 is 0. The van der Waals surface area contributed by atoms with Crippen molar-refractivity contribution in [3.05, 3.63) is 48.0 Å². The lowest BCUT2D eigenvalue weighted by atomic mass is 10.0. The van der Waals surface area contributed by atoms with Crippen LogP contribution in [0.15, 0.2) is 42.5 Å². The molecule has 0 aliphatic rings. The standard InChI is InChI=1S/C24H29N3O7/c1-14(2)22(27-23(30)16-10-19(32-4)12-20(11-16)33-5)24(31)34-13-21(29)26-18-8-6-17(7-9-18)25-15(3)28/h6-12,14,22H,13H2,1-5H3,(H,25,28)(H,26,29)(H,27,30)/t22-/m0/s1. The topological polar surface area (TPSA) is 132 Å². The lowest BCUT2D eigenvalue weighted by Crippen LogP contribution is -2.46. The number of rotatable bonds is 10. The van der Waals surface area contributed by atoms with E-state index < -0.39 is 30.4 Å². The Morgan fingerprint density at radius 3 is 1.85 bits per heavy atom. The molecule has 10 nitrogen and oxygen atoms in total. The van der Waals surface area contributed by atoms with Crippen molar-refractivity contribution in [2.24, 2.45) is 5.92 Å². The number of hydrogen-bond acceptors (Lipinski definition) is 7. The average Bonchev–Trinajstić information content (AvgIpc) is 2.81. The summed E-state index contributed by atoms with van der Waals surface area (Å²) in [5, 5.41) is 7.85. The minimum absolute atomic E-state index is 0.207. The second-order valence-corrected chi connectivity index (χ2v) is 7.71. The van der Waals surface area contributed by atoms with Gasteiger partial charge in [0.1, 0.15) is 17.5 Å². The number of ether oxygens (including phenoxy) is 3. The second-order valence-electron chi connectivity index (χ2n) is 7.71. The number of nitrogens with one attached hydrogen (secondary N) is 3. The Labute approximate surface area is 198 Å². The number of carbonyl (C=O) groups is 4. The number of hydrogen-bond donors (Lipinski definition) is 3. The van der Waals surface area contributed by atoms with Crippen molar-refractivity contribution < 1.29 is 33.4 Å². The van der Waals surface area contributed by atoms with Gasteiger partial charge in [0.05, 0.1) is 14.2 Å². The minimum Gasteiger partial charge on any atom is -0.497 e. The summed E-state index contributed by atoms with van der Waals surface area (Å²) in [5.41, 5.74) is 1.30. The largest absolute Gasteiger partial charge is 0.497 e. The molecule has 3 amide bonds. The summed E-state index contributed by atoms with van der Waals surface area (Å²) in [6.45, 7) is 4.35. The van der Waals surface area contributed by atoms with Crippen LogP contribution in [0.2, 0.25) is 0 Å². The SMILES string of the molecule is COc1cc(OC)cc(C(=O)N[C@H](C(=O)OCC(=O)Nc2ccc(NC(C)=O)cc2)C(C)C)c1. The van der Waals surface area contributed by atoms with Crippen molar-refractivity contribution in [1.82, 2.24) is 5.32 Å². The Balaban J connectivity index is 1.96. The fraction of sp³-hybridized carbons (Fsp3) is 0.333. The zero-order valence-corrected chi connectivity index (χ0v) is 19.8. The molecule has 0 unspecified atom stereocenters. The molecule has 0 aromatic heterocycles. The predicted molar refractivity (Wildman–Crippen MR) is 126 cm³/mol. The van der Waals surface area contributed by atoms with Gasteiger partial charge in [-0.3, -0.25) is 14.4 Å². The molecule has 3 N–H and O–H groups in total. The minimum atomic E-state index is -0.977. The number of anilines is 2. The van der Waals surface area contributed by atoms with Crippen LogP contribution < -0.4 is 25.4 Å². The van der Waals surface area contributed by atoms with Gasteiger partial charge in [-0.05, 0) is 42.3 Å². The zero-order valence-electron chi connectivity index (χ0n) is 19.8. The van der Waals surface area contributed by atoms with E-state index >= 15 is 0 Å². The summed E-state index contributed by atoms with van der Waals surface area (Å²) in [6, 6.07) is 10.1. The zero-order chi connectivity index (χ0) is 25.3. The van der Waals surface area contributed by atoms with Crippen molar-refractivity contribution in [3.8, 4) is 11.5 Å². The summed E-state index contributed by atoms with van der Waals surface area (Å²) in [4.78, 5) is 48.6. The van der Waals surface area contributed by atoms with E-state index in [1.807, 2.05) is 0 Å². The molecule has 0 heterocycles. The average molecular weight is 472 g/mol. The van der Waals surface area contributed by atoms with Gasteiger partial charge in [-0.1, -0.05) is 13.8 Å². The third-order valence-electron chi connectivity index (χ3n) is 4.66. The van der Waals surface area contributed by atoms with E-state index in [4.69, 9.17) is 14.2 Å². The van der Waals surface area contributed by atoms with E-state index in [0.717, 1.165) is 0 Å². The second kappa shape index (κ2) is 12.2. The van der Waals surface area contributed by atoms with Crippen molar-refractivity contribution in [1.29, 1.82) is 0 Å². The molecule has 1 atom stereocenters. The Morgan fingerprint density at radius 2 is 1.38 bits per heavy atom. The van der Waals surface area contributed by atoms with Gasteiger partial charge < -0.3 is 30.2 Å². The molecule has 0 fully saturated rings. The maximum atomic E-state index is 12.7. The van der Waals surface area contributed by atoms with Crippen LogP contribution in [0.1, 0.15) is 31.1 Å². The Bertz CT molecular complexity index is 1010. The number of amides is 3. The Morgan fingerprint density at radius 1 is 0.853 bits per heavy atom. The Hall–Kier alpha value is -4.08. The van der Waals surface area contributed by atoms with E-state index in [1.165, 1.54) is 33.3 Å². The van der Waals surface area contributed by atoms with Crippen LogP contribution >= 0.6 is 0 Å². The molecule has 34 heavy (non-hydrogen) atoms. The van der Waals surface area contributed by atoms with Crippen molar-refractivity contribution >= 4 is 35.1 Å². The summed E-state index contributed by atoms with van der Waals surface area (Å²) in [7, 11) is 2.93. The van der Waals surface area contributed by atoms with Gasteiger partial charge >= 0.3 is 5.97 Å². The van der Waals surface area contributed by atoms with E-state index in [9.17, 15) is 19.2 Å². The van der Waals surface area contributed by atoms with Crippen LogP contribution in [0, 0.1) is 5.92 Å². The monoisotopic (exact) mass is 471 g/mol. The van der Waals surface area contributed by atoms with Crippen molar-refractivity contribution in [3.63, 3.8) is 0 Å². The van der Waals surface area contributed by atoms with Crippen LogP contribution in [-0.4, -0.2) is 50.6 Å². The number of methoxy groups -OCH3 is 2. The highest BCUT2D eigenvalue weighted by Crippen LogP contribution is 2.22. The summed E-state index contributed by atoms with van der Waals surface area (Å²) < 4.78 is 15.5. The highest BCUT2D eigenvalue weighted by Gasteiger charge is 2.27. The highest BCUT2D eigenvalue weighted by molar-refractivity contribution is 5.98. The van der Waals surface area contributed by atoms with Gasteiger partial charge in [0.25, 0.3) is 11.8 Å². The molecule has 182 valence electrons. The smallest absolute Gasteiger partial charge is 0.329 e. The maximum absolute atomic E-state index is 12.7. The molecule has 0 saturated carbocycles. The molecular weight excluding hydrogens is 442 g/mol. The first-order valence-corrected chi connectivity index (χ1v) is 10.5. The Kier molecular flexibility index (Phi) is 9.42. The quantitative estimate of drug-likeness (QED) is 0.454. The molecule has 2 aromatic carbocycles.